The van der Waals surface area contributed by atoms with Crippen LogP contribution in [0.5, 0.6) is 0 Å². The van der Waals surface area contributed by atoms with Gasteiger partial charge in [-0.2, -0.15) is 0 Å². The van der Waals surface area contributed by atoms with Crippen LogP contribution in [0.1, 0.15) is 54.4 Å². The van der Waals surface area contributed by atoms with Crippen molar-refractivity contribution in [2.24, 2.45) is 0 Å². The van der Waals surface area contributed by atoms with Crippen molar-refractivity contribution in [2.45, 2.75) is 43.7 Å². The molecule has 2 unspecified atom stereocenters. The maximum Gasteiger partial charge on any atom is 0.159 e. The maximum atomic E-state index is 9.37. The van der Waals surface area contributed by atoms with Crippen LogP contribution >= 0.6 is 0 Å². The Morgan fingerprint density at radius 3 is 2.58 bits per heavy atom. The number of rotatable bonds is 4. The summed E-state index contributed by atoms with van der Waals surface area (Å²) in [6, 6.07) is 11.2. The highest BCUT2D eigenvalue weighted by Gasteiger charge is 2.45. The molecule has 1 aromatic carbocycles. The molecule has 19 heavy (non-hydrogen) atoms. The molecule has 2 aliphatic carbocycles. The van der Waals surface area contributed by atoms with Gasteiger partial charge in [-0.25, -0.2) is 0 Å². The summed E-state index contributed by atoms with van der Waals surface area (Å²) in [5.74, 6) is 2.88. The van der Waals surface area contributed by atoms with E-state index >= 15 is 0 Å². The van der Waals surface area contributed by atoms with Gasteiger partial charge in [-0.15, -0.1) is 10.2 Å². The number of aliphatic hydroxyl groups excluding tert-OH is 1. The van der Waals surface area contributed by atoms with Crippen LogP contribution in [0.2, 0.25) is 0 Å². The Kier molecular flexibility index (Phi) is 2.45. The van der Waals surface area contributed by atoms with E-state index in [1.807, 2.05) is 0 Å². The predicted molar refractivity (Wildman–Crippen MR) is 70.8 cm³/mol. The first-order chi connectivity index (χ1) is 9.38. The Balaban J connectivity index is 1.63. The number of aliphatic hydroxyl groups is 1. The van der Waals surface area contributed by atoms with Crippen LogP contribution in [0.4, 0.5) is 0 Å². The van der Waals surface area contributed by atoms with Crippen LogP contribution in [-0.2, 0) is 6.61 Å². The second-order valence-corrected chi connectivity index (χ2v) is 5.59. The smallest absolute Gasteiger partial charge is 0.159 e. The van der Waals surface area contributed by atoms with Gasteiger partial charge in [0.25, 0.3) is 0 Å². The van der Waals surface area contributed by atoms with Crippen LogP contribution in [0.25, 0.3) is 0 Å². The van der Waals surface area contributed by atoms with E-state index in [9.17, 15) is 5.11 Å². The maximum absolute atomic E-state index is 9.37. The van der Waals surface area contributed by atoms with E-state index in [4.69, 9.17) is 0 Å². The van der Waals surface area contributed by atoms with Crippen molar-refractivity contribution in [3.63, 3.8) is 0 Å². The molecule has 4 nitrogen and oxygen atoms in total. The molecule has 0 aliphatic heterocycles. The fraction of sp³-hybridized carbons (Fsp3) is 0.467. The van der Waals surface area contributed by atoms with Crippen molar-refractivity contribution in [2.75, 3.05) is 0 Å². The standard InChI is InChI=1S/C15H17N3O/c19-9-14-16-17-15(18(14)11-6-7-11)13-8-12(13)10-4-2-1-3-5-10/h1-5,11-13,19H,6-9H2. The Morgan fingerprint density at radius 2 is 1.89 bits per heavy atom. The lowest BCUT2D eigenvalue weighted by Gasteiger charge is -2.07. The molecule has 2 fully saturated rings. The number of aromatic nitrogens is 3. The molecule has 2 saturated carbocycles. The Morgan fingerprint density at radius 1 is 1.11 bits per heavy atom. The van der Waals surface area contributed by atoms with Crippen molar-refractivity contribution in [1.29, 1.82) is 0 Å². The van der Waals surface area contributed by atoms with Crippen molar-refractivity contribution in [3.05, 3.63) is 47.5 Å². The van der Waals surface area contributed by atoms with Crippen molar-refractivity contribution < 1.29 is 5.11 Å². The minimum Gasteiger partial charge on any atom is -0.388 e. The molecule has 98 valence electrons. The van der Waals surface area contributed by atoms with Crippen LogP contribution in [-0.4, -0.2) is 19.9 Å². The molecule has 0 radical (unpaired) electrons. The molecule has 2 atom stereocenters. The summed E-state index contributed by atoms with van der Waals surface area (Å²) in [5.41, 5.74) is 1.39. The first-order valence-electron chi connectivity index (χ1n) is 6.98. The van der Waals surface area contributed by atoms with Gasteiger partial charge in [0.05, 0.1) is 0 Å². The summed E-state index contributed by atoms with van der Waals surface area (Å²) in [6.45, 7) is -0.00771. The molecule has 1 aromatic heterocycles. The Bertz CT molecular complexity index is 589. The SMILES string of the molecule is OCc1nnc(C2CC2c2ccccc2)n1C1CC1. The molecule has 2 aliphatic rings. The van der Waals surface area contributed by atoms with Gasteiger partial charge >= 0.3 is 0 Å². The molecule has 0 spiro atoms. The van der Waals surface area contributed by atoms with Gasteiger partial charge in [0.2, 0.25) is 0 Å². The van der Waals surface area contributed by atoms with Gasteiger partial charge in [-0.05, 0) is 30.7 Å². The minimum absolute atomic E-state index is 0.00771. The van der Waals surface area contributed by atoms with Crippen molar-refractivity contribution >= 4 is 0 Å². The van der Waals surface area contributed by atoms with Crippen LogP contribution in [0, 0.1) is 0 Å². The second kappa shape index (κ2) is 4.17. The highest BCUT2D eigenvalue weighted by Crippen LogP contribution is 2.55. The molecule has 0 amide bonds. The summed E-state index contributed by atoms with van der Waals surface area (Å²) < 4.78 is 2.19. The molecule has 1 heterocycles. The number of hydrogen-bond donors (Lipinski definition) is 1. The fourth-order valence-corrected chi connectivity index (χ4v) is 2.98. The van der Waals surface area contributed by atoms with Gasteiger partial charge < -0.3 is 9.67 Å². The van der Waals surface area contributed by atoms with Gasteiger partial charge in [-0.1, -0.05) is 30.3 Å². The van der Waals surface area contributed by atoms with E-state index < -0.39 is 0 Å². The lowest BCUT2D eigenvalue weighted by molar-refractivity contribution is 0.264. The normalized spacial score (nSPS) is 25.5. The zero-order chi connectivity index (χ0) is 12.8. The quantitative estimate of drug-likeness (QED) is 0.912. The predicted octanol–water partition coefficient (Wildman–Crippen LogP) is 2.38. The minimum atomic E-state index is -0.00771. The molecular formula is C15H17N3O. The summed E-state index contributed by atoms with van der Waals surface area (Å²) in [6.07, 6.45) is 3.54. The summed E-state index contributed by atoms with van der Waals surface area (Å²) in [5, 5.41) is 17.9. The Labute approximate surface area is 112 Å². The average molecular weight is 255 g/mol. The van der Waals surface area contributed by atoms with E-state index in [0.717, 1.165) is 18.1 Å². The fourth-order valence-electron chi connectivity index (χ4n) is 2.98. The van der Waals surface area contributed by atoms with E-state index in [2.05, 4.69) is 45.1 Å². The molecular weight excluding hydrogens is 238 g/mol. The van der Waals surface area contributed by atoms with E-state index in [1.54, 1.807) is 0 Å². The van der Waals surface area contributed by atoms with E-state index in [0.29, 0.717) is 17.9 Å². The first kappa shape index (κ1) is 11.2. The summed E-state index contributed by atoms with van der Waals surface area (Å²) in [4.78, 5) is 0. The zero-order valence-electron chi connectivity index (χ0n) is 10.7. The monoisotopic (exact) mass is 255 g/mol. The van der Waals surface area contributed by atoms with Crippen molar-refractivity contribution in [3.8, 4) is 0 Å². The number of hydrogen-bond acceptors (Lipinski definition) is 3. The summed E-state index contributed by atoms with van der Waals surface area (Å²) in [7, 11) is 0. The molecule has 4 heteroatoms. The zero-order valence-corrected chi connectivity index (χ0v) is 10.7. The lowest BCUT2D eigenvalue weighted by atomic mass is 10.1. The van der Waals surface area contributed by atoms with Crippen LogP contribution in [0.15, 0.2) is 30.3 Å². The molecule has 2 aromatic rings. The highest BCUT2D eigenvalue weighted by atomic mass is 16.3. The van der Waals surface area contributed by atoms with Crippen molar-refractivity contribution in [1.82, 2.24) is 14.8 Å². The van der Waals surface area contributed by atoms with E-state index in [-0.39, 0.29) is 6.61 Å². The third-order valence-electron chi connectivity index (χ3n) is 4.20. The third kappa shape index (κ3) is 1.87. The number of nitrogens with zero attached hydrogens (tertiary/aromatic N) is 3. The topological polar surface area (TPSA) is 50.9 Å². The van der Waals surface area contributed by atoms with Crippen LogP contribution < -0.4 is 0 Å². The lowest BCUT2D eigenvalue weighted by Crippen LogP contribution is -2.05. The molecule has 0 bridgehead atoms. The Hall–Kier alpha value is -1.68. The highest BCUT2D eigenvalue weighted by molar-refractivity contribution is 5.31. The summed E-state index contributed by atoms with van der Waals surface area (Å²) >= 11 is 0. The number of benzene rings is 1. The largest absolute Gasteiger partial charge is 0.388 e. The van der Waals surface area contributed by atoms with Gasteiger partial charge in [0, 0.05) is 12.0 Å². The first-order valence-corrected chi connectivity index (χ1v) is 6.98. The van der Waals surface area contributed by atoms with Gasteiger partial charge in [0.1, 0.15) is 12.4 Å². The second-order valence-electron chi connectivity index (χ2n) is 5.59. The average Bonchev–Trinajstić information content (AvgIpc) is 3.38. The van der Waals surface area contributed by atoms with E-state index in [1.165, 1.54) is 18.4 Å². The van der Waals surface area contributed by atoms with Crippen LogP contribution in [0.3, 0.4) is 0 Å². The molecule has 1 N–H and O–H groups in total. The third-order valence-corrected chi connectivity index (χ3v) is 4.20. The van der Waals surface area contributed by atoms with Gasteiger partial charge in [-0.3, -0.25) is 0 Å². The molecule has 0 saturated heterocycles. The van der Waals surface area contributed by atoms with Gasteiger partial charge in [0.15, 0.2) is 5.82 Å². The molecule has 4 rings (SSSR count).